The molecule has 0 aliphatic heterocycles. The summed E-state index contributed by atoms with van der Waals surface area (Å²) in [6, 6.07) is 34.7. The lowest BCUT2D eigenvalue weighted by Gasteiger charge is -2.21. The van der Waals surface area contributed by atoms with E-state index in [-0.39, 0.29) is 11.8 Å². The molecule has 0 fully saturated rings. The number of para-hydroxylation sites is 4. The van der Waals surface area contributed by atoms with Crippen LogP contribution in [0.2, 0.25) is 0 Å². The van der Waals surface area contributed by atoms with E-state index in [1.165, 1.54) is 6.08 Å². The van der Waals surface area contributed by atoms with Gasteiger partial charge in [-0.1, -0.05) is 72.8 Å². The van der Waals surface area contributed by atoms with Crippen LogP contribution in [0, 0.1) is 0 Å². The van der Waals surface area contributed by atoms with Gasteiger partial charge in [0, 0.05) is 53.9 Å². The standard InChI is InChI=1S/C20H20N4O2.C19H20N4O.C3H6O2/c25-15-21-13-6-14-24(16-7-2-1-3-8-16)20(26)12-11-19-17-9-4-5-10-18(17)22-23-19;20-13-6-14-23(15-7-2-1-3-8-15)19(24)12-11-18-16-9-4-5-10-17(16)21-22-18;1-2-5-3-4/h1-5,7-12,15H,6,13-14H2,(H,21,25)(H,22,23);1-5,7-12H,6,13-14,20H2,(H,21,22);3H,2H2,1H3/b2*12-11+;. The van der Waals surface area contributed by atoms with Gasteiger partial charge in [0.05, 0.1) is 29.0 Å². The molecule has 0 atom stereocenters. The number of fused-ring (bicyclic) bond motifs is 2. The third kappa shape index (κ3) is 12.6. The smallest absolute Gasteiger partial charge is 0.293 e. The molecule has 0 bridgehead atoms. The average Bonchev–Trinajstić information content (AvgIpc) is 3.85. The maximum atomic E-state index is 12.7. The van der Waals surface area contributed by atoms with Gasteiger partial charge in [0.25, 0.3) is 18.3 Å². The molecular formula is C42H46N8O5. The fourth-order valence-electron chi connectivity index (χ4n) is 5.37. The first-order chi connectivity index (χ1) is 27.0. The zero-order valence-electron chi connectivity index (χ0n) is 30.7. The summed E-state index contributed by atoms with van der Waals surface area (Å²) in [7, 11) is 0. The second-order valence-corrected chi connectivity index (χ2v) is 11.7. The van der Waals surface area contributed by atoms with Gasteiger partial charge >= 0.3 is 0 Å². The minimum absolute atomic E-state index is 0.0817. The van der Waals surface area contributed by atoms with Crippen molar-refractivity contribution in [3.8, 4) is 0 Å². The van der Waals surface area contributed by atoms with E-state index in [1.807, 2.05) is 109 Å². The molecule has 0 saturated heterocycles. The fourth-order valence-corrected chi connectivity index (χ4v) is 5.37. The molecule has 3 amide bonds. The number of hydrogen-bond donors (Lipinski definition) is 4. The predicted molar refractivity (Wildman–Crippen MR) is 218 cm³/mol. The van der Waals surface area contributed by atoms with Crippen molar-refractivity contribution in [1.82, 2.24) is 25.7 Å². The SMILES string of the molecule is CCOC=O.NCCCN(C(=O)/C=C/c1n[nH]c2ccccc12)c1ccccc1.O=CNCCCN(C(=O)/C=C/c1n[nH]c2ccccc12)c1ccccc1. The van der Waals surface area contributed by atoms with E-state index < -0.39 is 0 Å². The Balaban J connectivity index is 0.000000219. The molecule has 284 valence electrons. The number of hydrogen-bond acceptors (Lipinski definition) is 8. The summed E-state index contributed by atoms with van der Waals surface area (Å²) in [4.78, 5) is 48.4. The van der Waals surface area contributed by atoms with Crippen LogP contribution in [-0.2, 0) is 23.9 Å². The molecule has 2 aromatic heterocycles. The van der Waals surface area contributed by atoms with Crippen molar-refractivity contribution in [3.05, 3.63) is 133 Å². The van der Waals surface area contributed by atoms with Gasteiger partial charge in [-0.3, -0.25) is 29.4 Å². The van der Waals surface area contributed by atoms with Crippen molar-refractivity contribution >= 4 is 70.0 Å². The van der Waals surface area contributed by atoms with Gasteiger partial charge in [0.15, 0.2) is 0 Å². The Morgan fingerprint density at radius 2 is 1.15 bits per heavy atom. The molecule has 55 heavy (non-hydrogen) atoms. The lowest BCUT2D eigenvalue weighted by atomic mass is 10.2. The zero-order valence-corrected chi connectivity index (χ0v) is 30.7. The third-order valence-electron chi connectivity index (χ3n) is 8.04. The Hall–Kier alpha value is -6.86. The summed E-state index contributed by atoms with van der Waals surface area (Å²) in [6.07, 6.45) is 8.64. The Morgan fingerprint density at radius 3 is 1.56 bits per heavy atom. The van der Waals surface area contributed by atoms with Crippen molar-refractivity contribution < 1.29 is 23.9 Å². The second kappa shape index (κ2) is 22.9. The fraction of sp³-hybridized carbons (Fsp3) is 0.190. The molecule has 0 radical (unpaired) electrons. The highest BCUT2D eigenvalue weighted by molar-refractivity contribution is 6.05. The summed E-state index contributed by atoms with van der Waals surface area (Å²) < 4.78 is 4.15. The molecular weight excluding hydrogens is 697 g/mol. The number of nitrogens with zero attached hydrogens (tertiary/aromatic N) is 4. The molecule has 13 heteroatoms. The van der Waals surface area contributed by atoms with E-state index >= 15 is 0 Å². The van der Waals surface area contributed by atoms with Crippen molar-refractivity contribution in [1.29, 1.82) is 0 Å². The molecule has 0 aliphatic rings. The number of amides is 3. The maximum absolute atomic E-state index is 12.7. The largest absolute Gasteiger partial charge is 0.468 e. The monoisotopic (exact) mass is 742 g/mol. The average molecular weight is 743 g/mol. The molecule has 6 aromatic rings. The number of aromatic amines is 2. The number of nitrogens with one attached hydrogen (secondary N) is 3. The molecule has 6 rings (SSSR count). The number of rotatable bonds is 16. The van der Waals surface area contributed by atoms with Gasteiger partial charge in [0.2, 0.25) is 6.41 Å². The highest BCUT2D eigenvalue weighted by Gasteiger charge is 2.14. The third-order valence-corrected chi connectivity index (χ3v) is 8.04. The topological polar surface area (TPSA) is 179 Å². The Bertz CT molecular complexity index is 2130. The van der Waals surface area contributed by atoms with Gasteiger partial charge in [-0.05, 0) is 74.9 Å². The first-order valence-corrected chi connectivity index (χ1v) is 17.9. The number of nitrogens with two attached hydrogens (primary N) is 1. The van der Waals surface area contributed by atoms with Gasteiger partial charge in [-0.15, -0.1) is 0 Å². The number of ether oxygens (including phenoxy) is 1. The molecule has 0 saturated carbocycles. The first kappa shape index (κ1) is 40.9. The van der Waals surface area contributed by atoms with E-state index in [0.29, 0.717) is 52.1 Å². The Kier molecular flexibility index (Phi) is 17.1. The van der Waals surface area contributed by atoms with E-state index in [0.717, 1.165) is 51.0 Å². The van der Waals surface area contributed by atoms with Gasteiger partial charge in [-0.25, -0.2) is 0 Å². The van der Waals surface area contributed by atoms with E-state index in [1.54, 1.807) is 35.0 Å². The van der Waals surface area contributed by atoms with E-state index in [4.69, 9.17) is 5.73 Å². The summed E-state index contributed by atoms with van der Waals surface area (Å²) in [5.41, 5.74) is 10.6. The highest BCUT2D eigenvalue weighted by atomic mass is 16.5. The summed E-state index contributed by atoms with van der Waals surface area (Å²) in [5.74, 6) is -0.212. The Morgan fingerprint density at radius 1 is 0.691 bits per heavy atom. The van der Waals surface area contributed by atoms with Crippen LogP contribution in [-0.4, -0.2) is 77.9 Å². The van der Waals surface area contributed by atoms with Gasteiger partial charge in [-0.2, -0.15) is 10.2 Å². The van der Waals surface area contributed by atoms with Crippen LogP contribution in [0.15, 0.2) is 121 Å². The number of carbonyl (C=O) groups excluding carboxylic acids is 4. The van der Waals surface area contributed by atoms with E-state index in [9.17, 15) is 19.2 Å². The molecule has 2 heterocycles. The first-order valence-electron chi connectivity index (χ1n) is 17.9. The minimum atomic E-state index is -0.130. The normalized spacial score (nSPS) is 10.7. The quantitative estimate of drug-likeness (QED) is 0.0539. The summed E-state index contributed by atoms with van der Waals surface area (Å²) >= 11 is 0. The van der Waals surface area contributed by atoms with Crippen LogP contribution in [0.5, 0.6) is 0 Å². The van der Waals surface area contributed by atoms with Crippen molar-refractivity contribution in [2.24, 2.45) is 5.73 Å². The number of carbonyl (C=O) groups is 4. The molecule has 5 N–H and O–H groups in total. The predicted octanol–water partition coefficient (Wildman–Crippen LogP) is 5.88. The van der Waals surface area contributed by atoms with Crippen LogP contribution in [0.4, 0.5) is 11.4 Å². The highest BCUT2D eigenvalue weighted by Crippen LogP contribution is 2.20. The van der Waals surface area contributed by atoms with Crippen LogP contribution < -0.4 is 20.9 Å². The van der Waals surface area contributed by atoms with Crippen LogP contribution >= 0.6 is 0 Å². The summed E-state index contributed by atoms with van der Waals surface area (Å²) in [5, 5.41) is 19.0. The molecule has 4 aromatic carbocycles. The summed E-state index contributed by atoms with van der Waals surface area (Å²) in [6.45, 7) is 4.83. The van der Waals surface area contributed by atoms with Crippen LogP contribution in [0.3, 0.4) is 0 Å². The number of aromatic nitrogens is 4. The molecule has 0 spiro atoms. The molecule has 0 unspecified atom stereocenters. The minimum Gasteiger partial charge on any atom is -0.468 e. The van der Waals surface area contributed by atoms with Crippen molar-refractivity contribution in [2.45, 2.75) is 19.8 Å². The molecule has 13 nitrogen and oxygen atoms in total. The number of benzene rings is 4. The van der Waals surface area contributed by atoms with Crippen LogP contribution in [0.1, 0.15) is 31.2 Å². The second-order valence-electron chi connectivity index (χ2n) is 11.7. The van der Waals surface area contributed by atoms with E-state index in [2.05, 4.69) is 30.4 Å². The maximum Gasteiger partial charge on any atom is 0.293 e. The lowest BCUT2D eigenvalue weighted by molar-refractivity contribution is -0.128. The lowest BCUT2D eigenvalue weighted by Crippen LogP contribution is -2.32. The number of H-pyrrole nitrogens is 2. The Labute approximate surface area is 319 Å². The van der Waals surface area contributed by atoms with Gasteiger partial charge in [0.1, 0.15) is 0 Å². The number of anilines is 2. The van der Waals surface area contributed by atoms with Crippen molar-refractivity contribution in [3.63, 3.8) is 0 Å². The molecule has 0 aliphatic carbocycles. The van der Waals surface area contributed by atoms with Crippen molar-refractivity contribution in [2.75, 3.05) is 42.6 Å². The van der Waals surface area contributed by atoms with Crippen LogP contribution in [0.25, 0.3) is 34.0 Å². The van der Waals surface area contributed by atoms with Gasteiger partial charge < -0.3 is 25.6 Å². The zero-order chi connectivity index (χ0) is 39.1.